The van der Waals surface area contributed by atoms with Gasteiger partial charge in [-0.1, -0.05) is 48.2 Å². The molecular formula is C28H45ClN6O3. The lowest BCUT2D eigenvalue weighted by Crippen LogP contribution is -2.53. The summed E-state index contributed by atoms with van der Waals surface area (Å²) in [6.45, 7) is 4.73. The maximum Gasteiger partial charge on any atom is 0.251 e. The Kier molecular flexibility index (Phi) is 11.8. The van der Waals surface area contributed by atoms with Crippen LogP contribution in [0.3, 0.4) is 0 Å². The molecule has 38 heavy (non-hydrogen) atoms. The predicted molar refractivity (Wildman–Crippen MR) is 152 cm³/mol. The van der Waals surface area contributed by atoms with Crippen molar-refractivity contribution in [2.24, 2.45) is 16.5 Å². The lowest BCUT2D eigenvalue weighted by atomic mass is 9.70. The molecule has 0 bridgehead atoms. The van der Waals surface area contributed by atoms with Gasteiger partial charge in [0.05, 0.1) is 17.7 Å². The maximum absolute atomic E-state index is 13.5. The second-order valence-electron chi connectivity index (χ2n) is 11.1. The minimum absolute atomic E-state index is 0.0191. The molecule has 2 fully saturated rings. The summed E-state index contributed by atoms with van der Waals surface area (Å²) in [6, 6.07) is 7.17. The number of hydrogen-bond donors (Lipinski definition) is 3. The number of amides is 2. The zero-order chi connectivity index (χ0) is 27.5. The lowest BCUT2D eigenvalue weighted by molar-refractivity contribution is -0.130. The van der Waals surface area contributed by atoms with Crippen LogP contribution in [0.1, 0.15) is 51.0 Å². The number of halogens is 1. The Hall–Kier alpha value is -2.20. The molecule has 3 atom stereocenters. The van der Waals surface area contributed by atoms with E-state index in [0.717, 1.165) is 44.2 Å². The van der Waals surface area contributed by atoms with E-state index in [4.69, 9.17) is 16.4 Å². The number of nitrogens with zero attached hydrogens (tertiary/aromatic N) is 3. The Morgan fingerprint density at radius 2 is 1.92 bits per heavy atom. The van der Waals surface area contributed by atoms with E-state index in [2.05, 4.69) is 26.1 Å². The fourth-order valence-electron chi connectivity index (χ4n) is 5.34. The summed E-state index contributed by atoms with van der Waals surface area (Å²) in [7, 11) is 5.52. The first-order valence-corrected chi connectivity index (χ1v) is 14.2. The van der Waals surface area contributed by atoms with Crippen molar-refractivity contribution in [3.8, 4) is 0 Å². The quantitative estimate of drug-likeness (QED) is 0.259. The first-order chi connectivity index (χ1) is 18.2. The monoisotopic (exact) mass is 548 g/mol. The van der Waals surface area contributed by atoms with Gasteiger partial charge in [-0.3, -0.25) is 15.0 Å². The van der Waals surface area contributed by atoms with E-state index in [1.165, 1.54) is 13.5 Å². The highest BCUT2D eigenvalue weighted by Gasteiger charge is 2.42. The van der Waals surface area contributed by atoms with Gasteiger partial charge >= 0.3 is 0 Å². The molecule has 0 aromatic heterocycles. The SMILES string of the molecule is CON=CC(C)(C(=O)N[C@H]1CCN(NC(=O)[C@@H](Cc2ccc(Cl)cc2)NCCN(C)C)C1)C1CCCCC1. The molecule has 2 aliphatic rings. The smallest absolute Gasteiger partial charge is 0.251 e. The second kappa shape index (κ2) is 14.8. The van der Waals surface area contributed by atoms with Crippen molar-refractivity contribution in [1.29, 1.82) is 0 Å². The average Bonchev–Trinajstić information content (AvgIpc) is 3.34. The Balaban J connectivity index is 1.58. The van der Waals surface area contributed by atoms with E-state index in [0.29, 0.717) is 31.1 Å². The first-order valence-electron chi connectivity index (χ1n) is 13.8. The molecule has 1 aliphatic carbocycles. The minimum atomic E-state index is -0.715. The van der Waals surface area contributed by atoms with Crippen LogP contribution < -0.4 is 16.1 Å². The minimum Gasteiger partial charge on any atom is -0.399 e. The molecule has 1 aliphatic heterocycles. The topological polar surface area (TPSA) is 98.3 Å². The summed E-state index contributed by atoms with van der Waals surface area (Å²) in [4.78, 5) is 33.8. The van der Waals surface area contributed by atoms with Crippen molar-refractivity contribution in [2.45, 2.75) is 64.0 Å². The molecule has 1 saturated heterocycles. The zero-order valence-electron chi connectivity index (χ0n) is 23.3. The first kappa shape index (κ1) is 30.3. The predicted octanol–water partition coefficient (Wildman–Crippen LogP) is 2.84. The molecule has 0 spiro atoms. The number of carbonyl (C=O) groups excluding carboxylic acids is 2. The van der Waals surface area contributed by atoms with Crippen LogP contribution in [-0.2, 0) is 20.8 Å². The fourth-order valence-corrected chi connectivity index (χ4v) is 5.47. The summed E-state index contributed by atoms with van der Waals surface area (Å²) in [6.07, 6.45) is 8.52. The second-order valence-corrected chi connectivity index (χ2v) is 11.5. The number of oxime groups is 1. The summed E-state index contributed by atoms with van der Waals surface area (Å²) in [5.74, 6) is 0.147. The molecule has 2 amide bonds. The molecule has 9 nitrogen and oxygen atoms in total. The molecule has 1 aromatic rings. The van der Waals surface area contributed by atoms with Gasteiger partial charge in [0.25, 0.3) is 5.91 Å². The fraction of sp³-hybridized carbons (Fsp3) is 0.679. The summed E-state index contributed by atoms with van der Waals surface area (Å²) in [5.41, 5.74) is 3.41. The molecule has 212 valence electrons. The molecule has 3 rings (SSSR count). The van der Waals surface area contributed by atoms with Gasteiger partial charge in [-0.05, 0) is 70.3 Å². The van der Waals surface area contributed by atoms with Gasteiger partial charge in [-0.2, -0.15) is 0 Å². The Morgan fingerprint density at radius 3 is 2.58 bits per heavy atom. The van der Waals surface area contributed by atoms with Gasteiger partial charge in [0.15, 0.2) is 0 Å². The van der Waals surface area contributed by atoms with Crippen LogP contribution >= 0.6 is 11.6 Å². The zero-order valence-corrected chi connectivity index (χ0v) is 24.1. The third-order valence-electron chi connectivity index (χ3n) is 7.78. The normalized spacial score (nSPS) is 21.4. The van der Waals surface area contributed by atoms with Gasteiger partial charge in [0.1, 0.15) is 7.11 Å². The van der Waals surface area contributed by atoms with Crippen molar-refractivity contribution in [2.75, 3.05) is 47.4 Å². The highest BCUT2D eigenvalue weighted by Crippen LogP contribution is 2.38. The molecule has 3 N–H and O–H groups in total. The molecule has 10 heteroatoms. The third-order valence-corrected chi connectivity index (χ3v) is 8.03. The van der Waals surface area contributed by atoms with Crippen LogP contribution in [0.4, 0.5) is 0 Å². The van der Waals surface area contributed by atoms with Crippen LogP contribution in [0.2, 0.25) is 5.02 Å². The Labute approximate surface area is 232 Å². The van der Waals surface area contributed by atoms with Crippen molar-refractivity contribution in [1.82, 2.24) is 26.0 Å². The molecule has 1 unspecified atom stereocenters. The number of nitrogens with one attached hydrogen (secondary N) is 3. The van der Waals surface area contributed by atoms with Crippen molar-refractivity contribution in [3.05, 3.63) is 34.9 Å². The van der Waals surface area contributed by atoms with E-state index < -0.39 is 5.41 Å². The van der Waals surface area contributed by atoms with Crippen molar-refractivity contribution in [3.63, 3.8) is 0 Å². The highest BCUT2D eigenvalue weighted by molar-refractivity contribution is 6.30. The molecule has 1 heterocycles. The summed E-state index contributed by atoms with van der Waals surface area (Å²) < 4.78 is 0. The van der Waals surface area contributed by atoms with Crippen LogP contribution in [0, 0.1) is 11.3 Å². The number of hydrogen-bond acceptors (Lipinski definition) is 7. The van der Waals surface area contributed by atoms with Crippen molar-refractivity contribution < 1.29 is 14.4 Å². The average molecular weight is 549 g/mol. The number of rotatable bonds is 13. The van der Waals surface area contributed by atoms with Gasteiger partial charge in [0, 0.05) is 37.2 Å². The molecule has 0 radical (unpaired) electrons. The van der Waals surface area contributed by atoms with Gasteiger partial charge in [0.2, 0.25) is 5.91 Å². The largest absolute Gasteiger partial charge is 0.399 e. The van der Waals surface area contributed by atoms with E-state index in [1.807, 2.05) is 50.3 Å². The molecule has 1 saturated carbocycles. The van der Waals surface area contributed by atoms with Crippen LogP contribution in [0.15, 0.2) is 29.4 Å². The van der Waals surface area contributed by atoms with Gasteiger partial charge in [-0.15, -0.1) is 0 Å². The number of benzene rings is 1. The molecular weight excluding hydrogens is 504 g/mol. The van der Waals surface area contributed by atoms with Crippen LogP contribution in [-0.4, -0.2) is 87.4 Å². The number of hydrazine groups is 1. The van der Waals surface area contributed by atoms with Gasteiger partial charge in [-0.25, -0.2) is 5.01 Å². The Bertz CT molecular complexity index is 922. The van der Waals surface area contributed by atoms with Crippen LogP contribution in [0.25, 0.3) is 0 Å². The van der Waals surface area contributed by atoms with E-state index in [9.17, 15) is 9.59 Å². The van der Waals surface area contributed by atoms with Gasteiger partial charge < -0.3 is 20.4 Å². The summed E-state index contributed by atoms with van der Waals surface area (Å²) >= 11 is 6.04. The Morgan fingerprint density at radius 1 is 1.21 bits per heavy atom. The molecule has 1 aromatic carbocycles. The van der Waals surface area contributed by atoms with E-state index >= 15 is 0 Å². The standard InChI is InChI=1S/C28H45ClN6O3/c1-28(20-31-38-4,22-8-6-5-7-9-22)27(37)32-24-14-16-35(19-24)33-26(36)25(30-15-17-34(2)3)18-21-10-12-23(29)13-11-21/h10-13,20,22,24-25,30H,5-9,14-19H2,1-4H3,(H,32,37)(H,33,36)/t24-,25+,28?/m0/s1. The van der Waals surface area contributed by atoms with E-state index in [1.54, 1.807) is 6.21 Å². The third kappa shape index (κ3) is 8.93. The lowest BCUT2D eigenvalue weighted by Gasteiger charge is -2.36. The number of likely N-dealkylation sites (N-methyl/N-ethyl adjacent to an activating group) is 1. The number of carbonyl (C=O) groups is 2. The van der Waals surface area contributed by atoms with E-state index in [-0.39, 0.29) is 29.8 Å². The maximum atomic E-state index is 13.5. The van der Waals surface area contributed by atoms with Crippen LogP contribution in [0.5, 0.6) is 0 Å². The highest BCUT2D eigenvalue weighted by atomic mass is 35.5. The van der Waals surface area contributed by atoms with Crippen molar-refractivity contribution >= 4 is 29.6 Å². The summed E-state index contributed by atoms with van der Waals surface area (Å²) in [5, 5.41) is 13.2.